The molecule has 7 heteroatoms. The number of nitrogens with zero attached hydrogens (tertiary/aromatic N) is 1. The minimum absolute atomic E-state index is 0.0658. The number of benzene rings is 2. The van der Waals surface area contributed by atoms with Crippen molar-refractivity contribution in [1.29, 1.82) is 0 Å². The predicted molar refractivity (Wildman–Crippen MR) is 114 cm³/mol. The molecule has 1 atom stereocenters. The van der Waals surface area contributed by atoms with E-state index in [1.165, 1.54) is 10.6 Å². The second-order valence-corrected chi connectivity index (χ2v) is 9.39. The number of carbonyl (C=O) groups is 1. The number of hydrogen-bond donors (Lipinski definition) is 1. The van der Waals surface area contributed by atoms with Crippen LogP contribution in [0, 0.1) is 5.92 Å². The minimum atomic E-state index is -3.57. The second-order valence-electron chi connectivity index (χ2n) is 7.45. The number of furan rings is 1. The standard InChI is InChI=1S/C23H24N2O4S/c26-23(22-9-5-15-29-22)24-16-18-6-4-14-25(17-18)30(27,28)21-12-10-20(11-13-21)19-7-2-1-3-8-19/h1-3,5,7-13,15,18H,4,6,14,16-17H2,(H,24,26)/t18-/m1/s1. The van der Waals surface area contributed by atoms with Gasteiger partial charge in [-0.1, -0.05) is 42.5 Å². The topological polar surface area (TPSA) is 79.6 Å². The van der Waals surface area contributed by atoms with Gasteiger partial charge in [0.2, 0.25) is 10.0 Å². The Morgan fingerprint density at radius 3 is 2.43 bits per heavy atom. The van der Waals surface area contributed by atoms with Crippen molar-refractivity contribution in [3.05, 3.63) is 78.8 Å². The quantitative estimate of drug-likeness (QED) is 0.653. The molecule has 30 heavy (non-hydrogen) atoms. The van der Waals surface area contributed by atoms with Gasteiger partial charge in [-0.15, -0.1) is 0 Å². The third-order valence-corrected chi connectivity index (χ3v) is 7.26. The summed E-state index contributed by atoms with van der Waals surface area (Å²) in [5.41, 5.74) is 2.03. The van der Waals surface area contributed by atoms with E-state index in [9.17, 15) is 13.2 Å². The first-order chi connectivity index (χ1) is 14.5. The molecule has 1 aromatic heterocycles. The van der Waals surface area contributed by atoms with Crippen molar-refractivity contribution in [2.75, 3.05) is 19.6 Å². The number of nitrogens with one attached hydrogen (secondary N) is 1. The van der Waals surface area contributed by atoms with Crippen molar-refractivity contribution >= 4 is 15.9 Å². The molecular formula is C23H24N2O4S. The number of hydrogen-bond acceptors (Lipinski definition) is 4. The zero-order valence-corrected chi connectivity index (χ0v) is 17.3. The molecule has 1 aliphatic heterocycles. The molecule has 4 rings (SSSR count). The van der Waals surface area contributed by atoms with Gasteiger partial charge in [-0.25, -0.2) is 8.42 Å². The molecule has 1 fully saturated rings. The molecule has 0 bridgehead atoms. The van der Waals surface area contributed by atoms with Crippen LogP contribution in [-0.2, 0) is 10.0 Å². The highest BCUT2D eigenvalue weighted by molar-refractivity contribution is 7.89. The van der Waals surface area contributed by atoms with Crippen LogP contribution in [0.1, 0.15) is 23.4 Å². The predicted octanol–water partition coefficient (Wildman–Crippen LogP) is 3.78. The Labute approximate surface area is 176 Å². The zero-order chi connectivity index (χ0) is 21.0. The molecule has 1 N–H and O–H groups in total. The summed E-state index contributed by atoms with van der Waals surface area (Å²) in [7, 11) is -3.57. The van der Waals surface area contributed by atoms with Crippen molar-refractivity contribution in [3.63, 3.8) is 0 Å². The molecular weight excluding hydrogens is 400 g/mol. The van der Waals surface area contributed by atoms with Gasteiger partial charge in [0.25, 0.3) is 5.91 Å². The highest BCUT2D eigenvalue weighted by Gasteiger charge is 2.30. The molecule has 0 unspecified atom stereocenters. The number of piperidine rings is 1. The Balaban J connectivity index is 1.41. The van der Waals surface area contributed by atoms with Crippen molar-refractivity contribution in [2.45, 2.75) is 17.7 Å². The van der Waals surface area contributed by atoms with Crippen LogP contribution in [0.3, 0.4) is 0 Å². The lowest BCUT2D eigenvalue weighted by molar-refractivity contribution is 0.0913. The van der Waals surface area contributed by atoms with Gasteiger partial charge in [-0.05, 0) is 54.2 Å². The maximum Gasteiger partial charge on any atom is 0.286 e. The number of carbonyl (C=O) groups excluding carboxylic acids is 1. The summed E-state index contributed by atoms with van der Waals surface area (Å²) in [6, 6.07) is 20.1. The van der Waals surface area contributed by atoms with E-state index in [-0.39, 0.29) is 17.6 Å². The average molecular weight is 425 g/mol. The summed E-state index contributed by atoms with van der Waals surface area (Å²) < 4.78 is 32.9. The van der Waals surface area contributed by atoms with Gasteiger partial charge in [0.05, 0.1) is 11.2 Å². The molecule has 2 heterocycles. The van der Waals surface area contributed by atoms with Crippen LogP contribution in [-0.4, -0.2) is 38.3 Å². The molecule has 1 aliphatic rings. The van der Waals surface area contributed by atoms with Crippen molar-refractivity contribution in [2.24, 2.45) is 5.92 Å². The monoisotopic (exact) mass is 424 g/mol. The van der Waals surface area contributed by atoms with E-state index in [0.717, 1.165) is 24.0 Å². The summed E-state index contributed by atoms with van der Waals surface area (Å²) in [5.74, 6) is 0.0429. The maximum absolute atomic E-state index is 13.1. The van der Waals surface area contributed by atoms with Crippen LogP contribution in [0.15, 0.2) is 82.3 Å². The van der Waals surface area contributed by atoms with Crippen molar-refractivity contribution in [1.82, 2.24) is 9.62 Å². The van der Waals surface area contributed by atoms with Gasteiger partial charge < -0.3 is 9.73 Å². The van der Waals surface area contributed by atoms with Crippen LogP contribution >= 0.6 is 0 Å². The number of amides is 1. The Bertz CT molecular complexity index is 1080. The van der Waals surface area contributed by atoms with Crippen LogP contribution in [0.25, 0.3) is 11.1 Å². The van der Waals surface area contributed by atoms with Crippen molar-refractivity contribution < 1.29 is 17.6 Å². The van der Waals surface area contributed by atoms with E-state index in [0.29, 0.717) is 24.5 Å². The van der Waals surface area contributed by atoms with Gasteiger partial charge >= 0.3 is 0 Å². The largest absolute Gasteiger partial charge is 0.459 e. The van der Waals surface area contributed by atoms with E-state index < -0.39 is 10.0 Å². The van der Waals surface area contributed by atoms with Crippen LogP contribution in [0.2, 0.25) is 0 Å². The Hall–Kier alpha value is -2.90. The summed E-state index contributed by atoms with van der Waals surface area (Å²) in [6.07, 6.45) is 3.09. The zero-order valence-electron chi connectivity index (χ0n) is 16.5. The smallest absolute Gasteiger partial charge is 0.286 e. The molecule has 2 aromatic carbocycles. The van der Waals surface area contributed by atoms with Gasteiger partial charge in [0.1, 0.15) is 0 Å². The van der Waals surface area contributed by atoms with E-state index in [1.807, 2.05) is 42.5 Å². The molecule has 6 nitrogen and oxygen atoms in total. The molecule has 0 spiro atoms. The van der Waals surface area contributed by atoms with Crippen LogP contribution < -0.4 is 5.32 Å². The van der Waals surface area contributed by atoms with Crippen molar-refractivity contribution in [3.8, 4) is 11.1 Å². The lowest BCUT2D eigenvalue weighted by Gasteiger charge is -2.32. The Morgan fingerprint density at radius 2 is 1.73 bits per heavy atom. The summed E-state index contributed by atoms with van der Waals surface area (Å²) >= 11 is 0. The number of rotatable bonds is 6. The minimum Gasteiger partial charge on any atom is -0.459 e. The van der Waals surface area contributed by atoms with Gasteiger partial charge in [0.15, 0.2) is 5.76 Å². The molecule has 0 aliphatic carbocycles. The average Bonchev–Trinajstić information content (AvgIpc) is 3.33. The highest BCUT2D eigenvalue weighted by Crippen LogP contribution is 2.26. The van der Waals surface area contributed by atoms with Gasteiger partial charge in [0, 0.05) is 19.6 Å². The first kappa shape index (κ1) is 20.4. The molecule has 156 valence electrons. The fourth-order valence-electron chi connectivity index (χ4n) is 3.74. The highest BCUT2D eigenvalue weighted by atomic mass is 32.2. The summed E-state index contributed by atoms with van der Waals surface area (Å²) in [6.45, 7) is 1.30. The van der Waals surface area contributed by atoms with Crippen LogP contribution in [0.4, 0.5) is 0 Å². The van der Waals surface area contributed by atoms with E-state index in [1.54, 1.807) is 24.3 Å². The third-order valence-electron chi connectivity index (χ3n) is 5.38. The Morgan fingerprint density at radius 1 is 1.00 bits per heavy atom. The molecule has 1 amide bonds. The first-order valence-corrected chi connectivity index (χ1v) is 11.5. The third kappa shape index (κ3) is 4.47. The lowest BCUT2D eigenvalue weighted by Crippen LogP contribution is -2.43. The summed E-state index contributed by atoms with van der Waals surface area (Å²) in [4.78, 5) is 12.4. The molecule has 0 saturated carbocycles. The van der Waals surface area contributed by atoms with E-state index in [4.69, 9.17) is 4.42 Å². The van der Waals surface area contributed by atoms with Crippen LogP contribution in [0.5, 0.6) is 0 Å². The number of sulfonamides is 1. The maximum atomic E-state index is 13.1. The van der Waals surface area contributed by atoms with E-state index >= 15 is 0 Å². The molecule has 0 radical (unpaired) electrons. The Kier molecular flexibility index (Phi) is 6.01. The second kappa shape index (κ2) is 8.85. The van der Waals surface area contributed by atoms with Gasteiger partial charge in [-0.3, -0.25) is 4.79 Å². The lowest BCUT2D eigenvalue weighted by atomic mass is 10.00. The normalized spacial score (nSPS) is 17.5. The molecule has 3 aromatic rings. The van der Waals surface area contributed by atoms with Gasteiger partial charge in [-0.2, -0.15) is 4.31 Å². The van der Waals surface area contributed by atoms with E-state index in [2.05, 4.69) is 5.32 Å². The SMILES string of the molecule is O=C(NC[C@H]1CCCN(S(=O)(=O)c2ccc(-c3ccccc3)cc2)C1)c1ccco1. The fourth-order valence-corrected chi connectivity index (χ4v) is 5.30. The first-order valence-electron chi connectivity index (χ1n) is 10.0. The summed E-state index contributed by atoms with van der Waals surface area (Å²) in [5, 5.41) is 2.84. The molecule has 1 saturated heterocycles. The fraction of sp³-hybridized carbons (Fsp3) is 0.261.